The molecule has 0 radical (unpaired) electrons. The fourth-order valence-electron chi connectivity index (χ4n) is 2.77. The predicted octanol–water partition coefficient (Wildman–Crippen LogP) is 1.96. The van der Waals surface area contributed by atoms with E-state index < -0.39 is 0 Å². The van der Waals surface area contributed by atoms with Gasteiger partial charge in [-0.3, -0.25) is 0 Å². The predicted molar refractivity (Wildman–Crippen MR) is 115 cm³/mol. The van der Waals surface area contributed by atoms with E-state index in [0.717, 1.165) is 21.2 Å². The van der Waals surface area contributed by atoms with Gasteiger partial charge in [0, 0.05) is 12.1 Å². The number of rotatable bonds is 0. The molecule has 1 aliphatic rings. The van der Waals surface area contributed by atoms with Gasteiger partial charge in [0.25, 0.3) is 0 Å². The van der Waals surface area contributed by atoms with Crippen LogP contribution < -0.4 is 33.4 Å². The fourth-order valence-corrected chi connectivity index (χ4v) is 2.77. The third kappa shape index (κ3) is 3.95. The molecule has 3 rings (SSSR count). The van der Waals surface area contributed by atoms with Crippen molar-refractivity contribution in [3.05, 3.63) is 45.6 Å². The zero-order valence-electron chi connectivity index (χ0n) is 13.0. The van der Waals surface area contributed by atoms with Crippen LogP contribution in [0.5, 0.6) is 0 Å². The average Bonchev–Trinajstić information content (AvgIpc) is 2.40. The largest absolute Gasteiger partial charge is 0.400 e. The number of allylic oxidation sites excluding steroid dienone is 2. The molecular formula is C16H22Cl4N4. The third-order valence-corrected chi connectivity index (χ3v) is 3.85. The first-order chi connectivity index (χ1) is 9.51. The van der Waals surface area contributed by atoms with Gasteiger partial charge in [-0.1, -0.05) is 12.1 Å². The maximum atomic E-state index is 5.96. The number of halogens is 4. The van der Waals surface area contributed by atoms with Crippen LogP contribution in [0.3, 0.4) is 0 Å². The Balaban J connectivity index is 0. The minimum absolute atomic E-state index is 0. The van der Waals surface area contributed by atoms with Gasteiger partial charge in [0.1, 0.15) is 0 Å². The van der Waals surface area contributed by atoms with Crippen molar-refractivity contribution >= 4 is 83.9 Å². The number of hydrogen-bond donors (Lipinski definition) is 4. The molecule has 4 nitrogen and oxygen atoms in total. The summed E-state index contributed by atoms with van der Waals surface area (Å²) < 4.78 is 0. The summed E-state index contributed by atoms with van der Waals surface area (Å²) in [4.78, 5) is 0. The quantitative estimate of drug-likeness (QED) is 0.497. The van der Waals surface area contributed by atoms with E-state index in [9.17, 15) is 0 Å². The Bertz CT molecular complexity index is 891. The van der Waals surface area contributed by atoms with Gasteiger partial charge in [-0.15, -0.1) is 49.6 Å². The molecule has 2 aromatic rings. The molecule has 0 heterocycles. The third-order valence-electron chi connectivity index (χ3n) is 3.85. The minimum Gasteiger partial charge on any atom is -0.400 e. The van der Waals surface area contributed by atoms with E-state index >= 15 is 0 Å². The van der Waals surface area contributed by atoms with Crippen molar-refractivity contribution in [3.8, 4) is 0 Å². The van der Waals surface area contributed by atoms with Crippen LogP contribution in [0.15, 0.2) is 29.6 Å². The average molecular weight is 412 g/mol. The van der Waals surface area contributed by atoms with Gasteiger partial charge in [0.15, 0.2) is 0 Å². The number of nitrogens with two attached hydrogens (primary N) is 4. The second-order valence-corrected chi connectivity index (χ2v) is 5.16. The summed E-state index contributed by atoms with van der Waals surface area (Å²) in [6.45, 7) is 2.01. The van der Waals surface area contributed by atoms with E-state index in [2.05, 4.69) is 12.1 Å². The first kappa shape index (κ1) is 24.8. The SMILES string of the molecule is CC=c1c2c(cc3cc(N)c(N)cc13)CC(N)=C(N)C=2.Cl.Cl.Cl.Cl. The van der Waals surface area contributed by atoms with Crippen LogP contribution in [0.4, 0.5) is 11.4 Å². The molecule has 8 heteroatoms. The van der Waals surface area contributed by atoms with Gasteiger partial charge in [-0.2, -0.15) is 0 Å². The zero-order chi connectivity index (χ0) is 14.4. The Hall–Kier alpha value is -1.46. The highest BCUT2D eigenvalue weighted by atomic mass is 35.5. The summed E-state index contributed by atoms with van der Waals surface area (Å²) in [7, 11) is 0. The number of fused-ring (bicyclic) bond motifs is 2. The molecule has 0 saturated heterocycles. The molecule has 0 spiro atoms. The van der Waals surface area contributed by atoms with Gasteiger partial charge in [-0.05, 0) is 51.9 Å². The van der Waals surface area contributed by atoms with Crippen molar-refractivity contribution in [1.82, 2.24) is 0 Å². The highest BCUT2D eigenvalue weighted by Gasteiger charge is 2.11. The molecule has 0 unspecified atom stereocenters. The van der Waals surface area contributed by atoms with E-state index in [0.29, 0.717) is 29.2 Å². The maximum absolute atomic E-state index is 5.96. The first-order valence-corrected chi connectivity index (χ1v) is 6.54. The highest BCUT2D eigenvalue weighted by Crippen LogP contribution is 2.22. The summed E-state index contributed by atoms with van der Waals surface area (Å²) in [6, 6.07) is 5.95. The van der Waals surface area contributed by atoms with Gasteiger partial charge >= 0.3 is 0 Å². The summed E-state index contributed by atoms with van der Waals surface area (Å²) in [5.41, 5.74) is 27.5. The van der Waals surface area contributed by atoms with E-state index in [1.807, 2.05) is 25.1 Å². The molecule has 2 aromatic carbocycles. The molecule has 0 saturated carbocycles. The number of benzene rings is 2. The summed E-state index contributed by atoms with van der Waals surface area (Å²) in [5.74, 6) is 0. The first-order valence-electron chi connectivity index (χ1n) is 6.54. The van der Waals surface area contributed by atoms with Crippen LogP contribution in [0, 0.1) is 0 Å². The van der Waals surface area contributed by atoms with E-state index in [1.165, 1.54) is 5.56 Å². The molecule has 134 valence electrons. The lowest BCUT2D eigenvalue weighted by atomic mass is 9.94. The fraction of sp³-hybridized carbons (Fsp3) is 0.125. The monoisotopic (exact) mass is 410 g/mol. The Morgan fingerprint density at radius 1 is 0.875 bits per heavy atom. The van der Waals surface area contributed by atoms with Crippen molar-refractivity contribution < 1.29 is 0 Å². The van der Waals surface area contributed by atoms with Gasteiger partial charge < -0.3 is 22.9 Å². The molecule has 0 bridgehead atoms. The number of anilines is 2. The van der Waals surface area contributed by atoms with Crippen molar-refractivity contribution in [2.24, 2.45) is 11.5 Å². The van der Waals surface area contributed by atoms with Crippen molar-refractivity contribution in [3.63, 3.8) is 0 Å². The van der Waals surface area contributed by atoms with Gasteiger partial charge in [0.2, 0.25) is 0 Å². The molecule has 0 aromatic heterocycles. The zero-order valence-corrected chi connectivity index (χ0v) is 16.3. The topological polar surface area (TPSA) is 104 Å². The molecule has 1 aliphatic carbocycles. The Morgan fingerprint density at radius 2 is 1.46 bits per heavy atom. The van der Waals surface area contributed by atoms with Crippen LogP contribution in [-0.2, 0) is 6.42 Å². The van der Waals surface area contributed by atoms with Gasteiger partial charge in [0.05, 0.1) is 17.1 Å². The number of hydrogen-bond acceptors (Lipinski definition) is 4. The van der Waals surface area contributed by atoms with Crippen molar-refractivity contribution in [2.45, 2.75) is 13.3 Å². The van der Waals surface area contributed by atoms with Crippen LogP contribution in [-0.4, -0.2) is 0 Å². The lowest BCUT2D eigenvalue weighted by Gasteiger charge is -2.15. The van der Waals surface area contributed by atoms with Gasteiger partial charge in [-0.25, -0.2) is 0 Å². The number of nitrogen functional groups attached to an aromatic ring is 2. The van der Waals surface area contributed by atoms with Crippen LogP contribution >= 0.6 is 49.6 Å². The minimum atomic E-state index is 0. The Morgan fingerprint density at radius 3 is 2.04 bits per heavy atom. The summed E-state index contributed by atoms with van der Waals surface area (Å²) >= 11 is 0. The lowest BCUT2D eigenvalue weighted by Crippen LogP contribution is -2.34. The molecule has 0 atom stereocenters. The molecule has 24 heavy (non-hydrogen) atoms. The highest BCUT2D eigenvalue weighted by molar-refractivity contribution is 5.92. The van der Waals surface area contributed by atoms with Crippen LogP contribution in [0.2, 0.25) is 0 Å². The van der Waals surface area contributed by atoms with Crippen molar-refractivity contribution in [1.29, 1.82) is 0 Å². The maximum Gasteiger partial charge on any atom is 0.0554 e. The smallest absolute Gasteiger partial charge is 0.0554 e. The molecule has 8 N–H and O–H groups in total. The standard InChI is InChI=1S/C16H18N4.4ClH/c1-2-10-11-6-15(19)13(17)4-8(11)3-9-5-14(18)16(20)7-12(9)10;;;;/h2-4,6-7H,5,17-20H2,1H3;4*1H. The normalized spacial score (nSPS) is 12.8. The molecule has 0 fully saturated rings. The molecular weight excluding hydrogens is 390 g/mol. The Labute approximate surface area is 165 Å². The van der Waals surface area contributed by atoms with Crippen LogP contribution in [0.25, 0.3) is 22.9 Å². The summed E-state index contributed by atoms with van der Waals surface area (Å²) in [6.07, 6.45) is 4.68. The van der Waals surface area contributed by atoms with Crippen LogP contribution in [0.1, 0.15) is 12.5 Å². The van der Waals surface area contributed by atoms with E-state index in [-0.39, 0.29) is 49.6 Å². The Kier molecular flexibility index (Phi) is 9.44. The second kappa shape index (κ2) is 9.14. The van der Waals surface area contributed by atoms with Crippen molar-refractivity contribution in [2.75, 3.05) is 11.5 Å². The van der Waals surface area contributed by atoms with E-state index in [4.69, 9.17) is 22.9 Å². The second-order valence-electron chi connectivity index (χ2n) is 5.16. The van der Waals surface area contributed by atoms with E-state index in [1.54, 1.807) is 0 Å². The summed E-state index contributed by atoms with van der Waals surface area (Å²) in [5, 5.41) is 4.41. The molecule has 0 aliphatic heterocycles. The molecule has 0 amide bonds. The lowest BCUT2D eigenvalue weighted by molar-refractivity contribution is 1.04.